The highest BCUT2D eigenvalue weighted by molar-refractivity contribution is 7.98. The number of benzene rings is 1. The summed E-state index contributed by atoms with van der Waals surface area (Å²) in [6, 6.07) is 5.14. The van der Waals surface area contributed by atoms with Gasteiger partial charge in [0.15, 0.2) is 11.6 Å². The highest BCUT2D eigenvalue weighted by Gasteiger charge is 2.04. The third kappa shape index (κ3) is 5.41. The van der Waals surface area contributed by atoms with Crippen LogP contribution in [0.15, 0.2) is 18.2 Å². The van der Waals surface area contributed by atoms with Gasteiger partial charge in [-0.2, -0.15) is 11.8 Å². The first-order chi connectivity index (χ1) is 8.27. The Morgan fingerprint density at radius 3 is 2.88 bits per heavy atom. The fraction of sp³-hybridized carbons (Fsp3) is 0.538. The molecule has 0 aliphatic rings. The van der Waals surface area contributed by atoms with Gasteiger partial charge in [0.1, 0.15) is 0 Å². The number of hydrogen-bond donors (Lipinski definition) is 1. The summed E-state index contributed by atoms with van der Waals surface area (Å²) in [5.41, 5.74) is 0.945. The summed E-state index contributed by atoms with van der Waals surface area (Å²) in [5, 5.41) is 3.16. The second kappa shape index (κ2) is 8.37. The van der Waals surface area contributed by atoms with Crippen molar-refractivity contribution in [3.05, 3.63) is 29.6 Å². The van der Waals surface area contributed by atoms with Gasteiger partial charge in [-0.25, -0.2) is 4.39 Å². The van der Waals surface area contributed by atoms with Gasteiger partial charge in [0.05, 0.1) is 6.61 Å². The average Bonchev–Trinajstić information content (AvgIpc) is 2.34. The predicted octanol–water partition coefficient (Wildman–Crippen LogP) is 3.07. The first kappa shape index (κ1) is 14.3. The molecule has 0 aromatic heterocycles. The molecule has 96 valence electrons. The van der Waals surface area contributed by atoms with Crippen LogP contribution in [-0.4, -0.2) is 25.2 Å². The summed E-state index contributed by atoms with van der Waals surface area (Å²) >= 11 is 1.77. The van der Waals surface area contributed by atoms with Crippen LogP contribution < -0.4 is 10.1 Å². The van der Waals surface area contributed by atoms with Crippen LogP contribution in [0.3, 0.4) is 0 Å². The van der Waals surface area contributed by atoms with E-state index < -0.39 is 0 Å². The van der Waals surface area contributed by atoms with E-state index >= 15 is 0 Å². The second-order valence-electron chi connectivity index (χ2n) is 3.74. The van der Waals surface area contributed by atoms with Crippen LogP contribution in [0.1, 0.15) is 18.9 Å². The van der Waals surface area contributed by atoms with E-state index in [-0.39, 0.29) is 5.82 Å². The van der Waals surface area contributed by atoms with E-state index in [4.69, 9.17) is 4.74 Å². The number of halogens is 1. The molecule has 0 unspecified atom stereocenters. The minimum atomic E-state index is -0.274. The van der Waals surface area contributed by atoms with Crippen LogP contribution in [-0.2, 0) is 6.54 Å². The lowest BCUT2D eigenvalue weighted by Crippen LogP contribution is -2.12. The van der Waals surface area contributed by atoms with Crippen molar-refractivity contribution in [2.75, 3.05) is 25.2 Å². The molecule has 0 heterocycles. The summed E-state index contributed by atoms with van der Waals surface area (Å²) in [7, 11) is 0. The van der Waals surface area contributed by atoms with Crippen LogP contribution in [0.4, 0.5) is 4.39 Å². The summed E-state index contributed by atoms with van der Waals surface area (Å²) in [6.07, 6.45) is 3.00. The number of nitrogens with one attached hydrogen (secondary N) is 1. The Balaban J connectivity index is 2.45. The summed E-state index contributed by atoms with van der Waals surface area (Å²) in [4.78, 5) is 0. The zero-order chi connectivity index (χ0) is 12.5. The third-order valence-electron chi connectivity index (χ3n) is 2.33. The first-order valence-corrected chi connectivity index (χ1v) is 7.28. The normalized spacial score (nSPS) is 10.5. The molecule has 0 saturated heterocycles. The Morgan fingerprint density at radius 2 is 2.24 bits per heavy atom. The van der Waals surface area contributed by atoms with E-state index in [0.717, 1.165) is 24.3 Å². The highest BCUT2D eigenvalue weighted by Crippen LogP contribution is 2.18. The third-order valence-corrected chi connectivity index (χ3v) is 3.02. The molecule has 0 saturated carbocycles. The second-order valence-corrected chi connectivity index (χ2v) is 4.73. The van der Waals surface area contributed by atoms with Gasteiger partial charge in [0.2, 0.25) is 0 Å². The van der Waals surface area contributed by atoms with E-state index in [9.17, 15) is 4.39 Å². The molecule has 0 bridgehead atoms. The molecule has 1 aromatic rings. The zero-order valence-corrected chi connectivity index (χ0v) is 11.3. The van der Waals surface area contributed by atoms with E-state index in [2.05, 4.69) is 11.6 Å². The maximum Gasteiger partial charge on any atom is 0.165 e. The van der Waals surface area contributed by atoms with Gasteiger partial charge < -0.3 is 10.1 Å². The van der Waals surface area contributed by atoms with Gasteiger partial charge in [0.25, 0.3) is 0 Å². The van der Waals surface area contributed by atoms with Gasteiger partial charge in [-0.05, 0) is 42.7 Å². The molecule has 17 heavy (non-hydrogen) atoms. The molecule has 1 N–H and O–H groups in total. The Hall–Kier alpha value is -0.740. The molecule has 1 aromatic carbocycles. The van der Waals surface area contributed by atoms with Crippen molar-refractivity contribution >= 4 is 11.8 Å². The quantitative estimate of drug-likeness (QED) is 0.723. The molecule has 0 atom stereocenters. The molecule has 0 fully saturated rings. The molecule has 0 aliphatic heterocycles. The number of ether oxygens (including phenoxy) is 1. The van der Waals surface area contributed by atoms with E-state index in [0.29, 0.717) is 18.9 Å². The zero-order valence-electron chi connectivity index (χ0n) is 10.5. The SMILES string of the molecule is CCNCc1ccc(OCCCSC)c(F)c1. The number of hydrogen-bond acceptors (Lipinski definition) is 3. The van der Waals surface area contributed by atoms with Crippen molar-refractivity contribution in [1.82, 2.24) is 5.32 Å². The standard InChI is InChI=1S/C13H20FNOS/c1-3-15-10-11-5-6-13(12(14)9-11)16-7-4-8-17-2/h5-6,9,15H,3-4,7-8,10H2,1-2H3. The van der Waals surface area contributed by atoms with Crippen molar-refractivity contribution in [1.29, 1.82) is 0 Å². The van der Waals surface area contributed by atoms with Crippen molar-refractivity contribution < 1.29 is 9.13 Å². The maximum atomic E-state index is 13.6. The van der Waals surface area contributed by atoms with Gasteiger partial charge in [-0.15, -0.1) is 0 Å². The number of thioether (sulfide) groups is 1. The molecular formula is C13H20FNOS. The van der Waals surface area contributed by atoms with Gasteiger partial charge in [0, 0.05) is 6.54 Å². The molecular weight excluding hydrogens is 237 g/mol. The summed E-state index contributed by atoms with van der Waals surface area (Å²) in [5.74, 6) is 1.12. The lowest BCUT2D eigenvalue weighted by molar-refractivity contribution is 0.302. The van der Waals surface area contributed by atoms with Crippen LogP contribution in [0.25, 0.3) is 0 Å². The topological polar surface area (TPSA) is 21.3 Å². The van der Waals surface area contributed by atoms with Crippen LogP contribution >= 0.6 is 11.8 Å². The largest absolute Gasteiger partial charge is 0.490 e. The lowest BCUT2D eigenvalue weighted by Gasteiger charge is -2.08. The highest BCUT2D eigenvalue weighted by atomic mass is 32.2. The van der Waals surface area contributed by atoms with Gasteiger partial charge in [-0.3, -0.25) is 0 Å². The van der Waals surface area contributed by atoms with Crippen LogP contribution in [0, 0.1) is 5.82 Å². The lowest BCUT2D eigenvalue weighted by atomic mass is 10.2. The molecule has 0 spiro atoms. The van der Waals surface area contributed by atoms with Crippen molar-refractivity contribution in [3.8, 4) is 5.75 Å². The molecule has 1 rings (SSSR count). The van der Waals surface area contributed by atoms with Gasteiger partial charge in [-0.1, -0.05) is 13.0 Å². The van der Waals surface area contributed by atoms with E-state index in [1.165, 1.54) is 6.07 Å². The minimum absolute atomic E-state index is 0.274. The van der Waals surface area contributed by atoms with Gasteiger partial charge >= 0.3 is 0 Å². The number of rotatable bonds is 8. The van der Waals surface area contributed by atoms with Crippen LogP contribution in [0.5, 0.6) is 5.75 Å². The predicted molar refractivity (Wildman–Crippen MR) is 72.3 cm³/mol. The Kier molecular flexibility index (Phi) is 7.05. The maximum absolute atomic E-state index is 13.6. The minimum Gasteiger partial charge on any atom is -0.490 e. The fourth-order valence-corrected chi connectivity index (χ4v) is 1.83. The average molecular weight is 257 g/mol. The molecule has 0 radical (unpaired) electrons. The monoisotopic (exact) mass is 257 g/mol. The van der Waals surface area contributed by atoms with E-state index in [1.54, 1.807) is 17.8 Å². The van der Waals surface area contributed by atoms with Crippen molar-refractivity contribution in [2.24, 2.45) is 0 Å². The van der Waals surface area contributed by atoms with Crippen molar-refractivity contribution in [3.63, 3.8) is 0 Å². The van der Waals surface area contributed by atoms with E-state index in [1.807, 2.05) is 13.0 Å². The molecule has 0 aliphatic carbocycles. The summed E-state index contributed by atoms with van der Waals surface area (Å²) < 4.78 is 19.0. The van der Waals surface area contributed by atoms with Crippen molar-refractivity contribution in [2.45, 2.75) is 19.9 Å². The van der Waals surface area contributed by atoms with Crippen LogP contribution in [0.2, 0.25) is 0 Å². The molecule has 2 nitrogen and oxygen atoms in total. The molecule has 0 amide bonds. The Morgan fingerprint density at radius 1 is 1.41 bits per heavy atom. The molecule has 4 heteroatoms. The Labute approximate surface area is 107 Å². The fourth-order valence-electron chi connectivity index (χ4n) is 1.43. The Bertz CT molecular complexity index is 333. The first-order valence-electron chi connectivity index (χ1n) is 5.88. The summed E-state index contributed by atoms with van der Waals surface area (Å²) in [6.45, 7) is 4.18. The smallest absolute Gasteiger partial charge is 0.165 e.